The Morgan fingerprint density at radius 2 is 1.69 bits per heavy atom. The number of para-hydroxylation sites is 2. The Bertz CT molecular complexity index is 664. The molecule has 0 unspecified atom stereocenters. The van der Waals surface area contributed by atoms with Crippen LogP contribution in [0.15, 0.2) is 47.4 Å². The molecule has 0 atom stereocenters. The molecule has 0 saturated carbocycles. The monoisotopic (exact) mass is 214 g/mol. The zero-order valence-electron chi connectivity index (χ0n) is 9.40. The summed E-state index contributed by atoms with van der Waals surface area (Å²) in [6, 6.07) is 11.4. The van der Waals surface area contributed by atoms with Crippen molar-refractivity contribution in [1.82, 2.24) is 9.38 Å². The highest BCUT2D eigenvalue weighted by atomic mass is 16.1. The number of hydrogen-bond acceptors (Lipinski definition) is 1. The minimum Gasteiger partial charge on any atom is -0.319 e. The van der Waals surface area contributed by atoms with E-state index in [1.54, 1.807) is 0 Å². The average Bonchev–Trinajstić information content (AvgIpc) is 2.82. The lowest BCUT2D eigenvalue weighted by molar-refractivity contribution is 1.19. The van der Waals surface area contributed by atoms with Gasteiger partial charge in [-0.25, -0.2) is 0 Å². The van der Waals surface area contributed by atoms with Crippen molar-refractivity contribution in [2.45, 2.75) is 13.8 Å². The Hall–Kier alpha value is -2.03. The largest absolute Gasteiger partial charge is 0.319 e. The van der Waals surface area contributed by atoms with Crippen LogP contribution < -0.4 is 5.56 Å². The molecule has 0 amide bonds. The average molecular weight is 214 g/mol. The Morgan fingerprint density at radius 1 is 1.00 bits per heavy atom. The molecule has 3 rings (SSSR count). The highest BCUT2D eigenvalue weighted by Gasteiger charge is 2.01. The van der Waals surface area contributed by atoms with Crippen LogP contribution in [0, 0.1) is 0 Å². The minimum atomic E-state index is -0.0475. The number of aromatic amines is 1. The molecule has 0 bridgehead atoms. The maximum absolute atomic E-state index is 11.6. The van der Waals surface area contributed by atoms with Crippen molar-refractivity contribution in [3.63, 3.8) is 0 Å². The van der Waals surface area contributed by atoms with Crippen LogP contribution in [0.4, 0.5) is 0 Å². The Balaban J connectivity index is 0.000000457. The Morgan fingerprint density at radius 3 is 2.50 bits per heavy atom. The van der Waals surface area contributed by atoms with Gasteiger partial charge < -0.3 is 9.38 Å². The number of rotatable bonds is 0. The summed E-state index contributed by atoms with van der Waals surface area (Å²) in [4.78, 5) is 14.4. The lowest BCUT2D eigenvalue weighted by Gasteiger charge is -2.00. The second kappa shape index (κ2) is 4.23. The normalized spacial score (nSPS) is 10.1. The molecule has 0 fully saturated rings. The molecule has 3 heteroatoms. The van der Waals surface area contributed by atoms with E-state index in [2.05, 4.69) is 4.98 Å². The number of nitrogens with zero attached hydrogens (tertiary/aromatic N) is 1. The molecule has 0 aliphatic heterocycles. The van der Waals surface area contributed by atoms with Gasteiger partial charge in [-0.15, -0.1) is 0 Å². The number of benzene rings is 1. The van der Waals surface area contributed by atoms with E-state index in [1.807, 2.05) is 60.8 Å². The highest BCUT2D eigenvalue weighted by Crippen LogP contribution is 2.11. The molecule has 2 heterocycles. The third-order valence-corrected chi connectivity index (χ3v) is 2.39. The summed E-state index contributed by atoms with van der Waals surface area (Å²) in [7, 11) is 0. The van der Waals surface area contributed by atoms with Crippen molar-refractivity contribution in [1.29, 1.82) is 0 Å². The zero-order chi connectivity index (χ0) is 11.5. The molecule has 0 aliphatic carbocycles. The summed E-state index contributed by atoms with van der Waals surface area (Å²) in [5.74, 6) is 0. The predicted molar refractivity (Wildman–Crippen MR) is 66.9 cm³/mol. The van der Waals surface area contributed by atoms with Crippen molar-refractivity contribution < 1.29 is 0 Å². The Kier molecular flexibility index (Phi) is 2.77. The minimum absolute atomic E-state index is 0.0475. The molecule has 82 valence electrons. The maximum Gasteiger partial charge on any atom is 0.272 e. The molecule has 1 aromatic carbocycles. The van der Waals surface area contributed by atoms with Crippen LogP contribution in [0.5, 0.6) is 0 Å². The summed E-state index contributed by atoms with van der Waals surface area (Å²) in [6.45, 7) is 4.00. The fourth-order valence-corrected chi connectivity index (χ4v) is 1.75. The van der Waals surface area contributed by atoms with Crippen LogP contribution in [0.25, 0.3) is 16.6 Å². The van der Waals surface area contributed by atoms with Crippen molar-refractivity contribution in [2.75, 3.05) is 0 Å². The van der Waals surface area contributed by atoms with Crippen molar-refractivity contribution in [3.8, 4) is 0 Å². The molecule has 2 aromatic heterocycles. The van der Waals surface area contributed by atoms with Crippen LogP contribution in [0.1, 0.15) is 13.8 Å². The van der Waals surface area contributed by atoms with E-state index in [9.17, 15) is 4.79 Å². The zero-order valence-corrected chi connectivity index (χ0v) is 9.40. The van der Waals surface area contributed by atoms with E-state index in [0.717, 1.165) is 11.0 Å². The van der Waals surface area contributed by atoms with E-state index in [1.165, 1.54) is 0 Å². The van der Waals surface area contributed by atoms with Crippen LogP contribution in [0.3, 0.4) is 0 Å². The molecule has 3 aromatic rings. The van der Waals surface area contributed by atoms with Crippen LogP contribution in [-0.4, -0.2) is 9.38 Å². The van der Waals surface area contributed by atoms with Gasteiger partial charge in [0.05, 0.1) is 11.0 Å². The van der Waals surface area contributed by atoms with Crippen molar-refractivity contribution >= 4 is 16.6 Å². The summed E-state index contributed by atoms with van der Waals surface area (Å²) < 4.78 is 1.90. The van der Waals surface area contributed by atoms with Gasteiger partial charge in [0.2, 0.25) is 0 Å². The topological polar surface area (TPSA) is 37.3 Å². The van der Waals surface area contributed by atoms with E-state index < -0.39 is 0 Å². The predicted octanol–water partition coefficient (Wildman–Crippen LogP) is 2.81. The molecular formula is C13H14N2O. The first-order valence-corrected chi connectivity index (χ1v) is 5.44. The summed E-state index contributed by atoms with van der Waals surface area (Å²) in [5.41, 5.74) is 2.52. The van der Waals surface area contributed by atoms with Gasteiger partial charge in [0.1, 0.15) is 5.52 Å². The smallest absolute Gasteiger partial charge is 0.272 e. The quantitative estimate of drug-likeness (QED) is 0.614. The van der Waals surface area contributed by atoms with Crippen molar-refractivity contribution in [3.05, 3.63) is 52.9 Å². The van der Waals surface area contributed by atoms with Gasteiger partial charge in [0.25, 0.3) is 5.56 Å². The maximum atomic E-state index is 11.6. The van der Waals surface area contributed by atoms with Gasteiger partial charge in [0, 0.05) is 6.20 Å². The van der Waals surface area contributed by atoms with Gasteiger partial charge >= 0.3 is 0 Å². The first-order chi connectivity index (χ1) is 7.86. The molecule has 0 spiro atoms. The lowest BCUT2D eigenvalue weighted by atomic mass is 10.3. The second-order valence-electron chi connectivity index (χ2n) is 3.23. The van der Waals surface area contributed by atoms with Crippen molar-refractivity contribution in [2.24, 2.45) is 0 Å². The highest BCUT2D eigenvalue weighted by molar-refractivity contribution is 5.77. The number of fused-ring (bicyclic) bond motifs is 3. The molecule has 16 heavy (non-hydrogen) atoms. The fourth-order valence-electron chi connectivity index (χ4n) is 1.75. The first kappa shape index (κ1) is 10.5. The van der Waals surface area contributed by atoms with E-state index >= 15 is 0 Å². The lowest BCUT2D eigenvalue weighted by Crippen LogP contribution is -2.09. The van der Waals surface area contributed by atoms with E-state index in [0.29, 0.717) is 5.52 Å². The molecule has 0 saturated heterocycles. The fraction of sp³-hybridized carbons (Fsp3) is 0.154. The Labute approximate surface area is 93.3 Å². The number of hydrogen-bond donors (Lipinski definition) is 1. The summed E-state index contributed by atoms with van der Waals surface area (Å²) in [5, 5.41) is 0. The number of nitrogens with one attached hydrogen (secondary N) is 1. The second-order valence-corrected chi connectivity index (χ2v) is 3.23. The van der Waals surface area contributed by atoms with E-state index in [-0.39, 0.29) is 5.56 Å². The third-order valence-electron chi connectivity index (χ3n) is 2.39. The number of H-pyrrole nitrogens is 1. The van der Waals surface area contributed by atoms with E-state index in [4.69, 9.17) is 0 Å². The van der Waals surface area contributed by atoms with Gasteiger partial charge in [-0.2, -0.15) is 0 Å². The standard InChI is InChI=1S/C11H8N2O.C2H6/c14-11-10-6-3-7-13(10)9-5-2-1-4-8(9)12-11;1-2/h1-7H,(H,12,14);1-2H3. The molecule has 1 N–H and O–H groups in total. The van der Waals surface area contributed by atoms with Gasteiger partial charge in [-0.05, 0) is 24.3 Å². The van der Waals surface area contributed by atoms with Gasteiger partial charge in [-0.3, -0.25) is 4.79 Å². The van der Waals surface area contributed by atoms with Gasteiger partial charge in [0.15, 0.2) is 0 Å². The number of aromatic nitrogens is 2. The van der Waals surface area contributed by atoms with Crippen LogP contribution in [-0.2, 0) is 0 Å². The molecule has 3 nitrogen and oxygen atoms in total. The molecule has 0 aliphatic rings. The summed E-state index contributed by atoms with van der Waals surface area (Å²) >= 11 is 0. The molecular weight excluding hydrogens is 200 g/mol. The molecule has 0 radical (unpaired) electrons. The first-order valence-electron chi connectivity index (χ1n) is 5.44. The van der Waals surface area contributed by atoms with Crippen LogP contribution >= 0.6 is 0 Å². The third kappa shape index (κ3) is 1.50. The van der Waals surface area contributed by atoms with Crippen LogP contribution in [0.2, 0.25) is 0 Å². The van der Waals surface area contributed by atoms with Gasteiger partial charge in [-0.1, -0.05) is 26.0 Å². The SMILES string of the molecule is CC.O=c1[nH]c2ccccc2n2cccc12. The summed E-state index contributed by atoms with van der Waals surface area (Å²) in [6.07, 6.45) is 1.90.